The number of aryl methyl sites for hydroxylation is 1. The van der Waals surface area contributed by atoms with E-state index in [-0.39, 0.29) is 12.3 Å². The number of imide groups is 1. The van der Waals surface area contributed by atoms with E-state index in [0.29, 0.717) is 26.9 Å². The number of nitrogens with one attached hydrogen (secondary N) is 2. The Kier molecular flexibility index (Phi) is 5.27. The highest BCUT2D eigenvalue weighted by Crippen LogP contribution is 2.28. The molecule has 2 N–H and O–H groups in total. The molecule has 0 saturated carbocycles. The Bertz CT molecular complexity index is 901. The Labute approximate surface area is 160 Å². The van der Waals surface area contributed by atoms with E-state index < -0.39 is 17.9 Å². The molecule has 0 aliphatic carbocycles. The summed E-state index contributed by atoms with van der Waals surface area (Å²) in [7, 11) is 0. The van der Waals surface area contributed by atoms with E-state index in [1.807, 2.05) is 0 Å². The topological polar surface area (TPSA) is 78.5 Å². The molecule has 3 amide bonds. The van der Waals surface area contributed by atoms with E-state index in [4.69, 9.17) is 23.2 Å². The van der Waals surface area contributed by atoms with Gasteiger partial charge in [0.05, 0.1) is 12.1 Å². The van der Waals surface area contributed by atoms with E-state index in [0.717, 1.165) is 4.90 Å². The molecule has 1 aliphatic rings. The van der Waals surface area contributed by atoms with Crippen LogP contribution in [-0.2, 0) is 9.59 Å². The molecule has 1 atom stereocenters. The zero-order valence-corrected chi connectivity index (χ0v) is 15.3. The number of anilines is 1. The van der Waals surface area contributed by atoms with Gasteiger partial charge in [-0.2, -0.15) is 0 Å². The van der Waals surface area contributed by atoms with Gasteiger partial charge < -0.3 is 0 Å². The van der Waals surface area contributed by atoms with Crippen molar-refractivity contribution in [3.63, 3.8) is 0 Å². The van der Waals surface area contributed by atoms with Gasteiger partial charge in [-0.1, -0.05) is 29.3 Å². The van der Waals surface area contributed by atoms with Crippen molar-refractivity contribution in [3.8, 4) is 0 Å². The molecule has 1 saturated heterocycles. The molecule has 2 aromatic rings. The lowest BCUT2D eigenvalue weighted by Gasteiger charge is -2.18. The monoisotopic (exact) mass is 391 g/mol. The van der Waals surface area contributed by atoms with Crippen molar-refractivity contribution in [2.24, 2.45) is 0 Å². The SMILES string of the molecule is Cc1cc(Cl)ccc1N1C(=O)C[C@@H](NNC(=O)c2cccc(Cl)c2)C1=O. The fourth-order valence-corrected chi connectivity index (χ4v) is 3.14. The van der Waals surface area contributed by atoms with Crippen LogP contribution in [0, 0.1) is 6.92 Å². The number of carbonyl (C=O) groups excluding carboxylic acids is 3. The Balaban J connectivity index is 1.70. The Morgan fingerprint density at radius 2 is 1.85 bits per heavy atom. The largest absolute Gasteiger partial charge is 0.287 e. The molecule has 134 valence electrons. The van der Waals surface area contributed by atoms with Gasteiger partial charge in [0.2, 0.25) is 5.91 Å². The van der Waals surface area contributed by atoms with Gasteiger partial charge in [0.1, 0.15) is 6.04 Å². The highest BCUT2D eigenvalue weighted by Gasteiger charge is 2.40. The minimum Gasteiger partial charge on any atom is -0.287 e. The molecule has 8 heteroatoms. The van der Waals surface area contributed by atoms with Gasteiger partial charge in [0.15, 0.2) is 0 Å². The zero-order chi connectivity index (χ0) is 18.8. The minimum absolute atomic E-state index is 0.0588. The van der Waals surface area contributed by atoms with Crippen molar-refractivity contribution in [1.82, 2.24) is 10.9 Å². The molecule has 0 aromatic heterocycles. The van der Waals surface area contributed by atoms with Gasteiger partial charge in [-0.15, -0.1) is 0 Å². The van der Waals surface area contributed by atoms with Crippen LogP contribution in [0.2, 0.25) is 10.0 Å². The summed E-state index contributed by atoms with van der Waals surface area (Å²) in [5.41, 5.74) is 6.61. The summed E-state index contributed by atoms with van der Waals surface area (Å²) in [5.74, 6) is -1.24. The van der Waals surface area contributed by atoms with Crippen LogP contribution >= 0.6 is 23.2 Å². The molecule has 26 heavy (non-hydrogen) atoms. The lowest BCUT2D eigenvalue weighted by atomic mass is 10.2. The van der Waals surface area contributed by atoms with Gasteiger partial charge in [-0.05, 0) is 48.9 Å². The summed E-state index contributed by atoms with van der Waals surface area (Å²) in [6.07, 6.45) is -0.0588. The van der Waals surface area contributed by atoms with Gasteiger partial charge in [0.25, 0.3) is 11.8 Å². The molecule has 0 bridgehead atoms. The molecule has 1 fully saturated rings. The predicted molar refractivity (Wildman–Crippen MR) is 99.1 cm³/mol. The molecule has 0 spiro atoms. The minimum atomic E-state index is -0.847. The van der Waals surface area contributed by atoms with Crippen LogP contribution in [0.3, 0.4) is 0 Å². The van der Waals surface area contributed by atoms with Crippen molar-refractivity contribution < 1.29 is 14.4 Å². The van der Waals surface area contributed by atoms with Crippen molar-refractivity contribution in [3.05, 3.63) is 63.6 Å². The van der Waals surface area contributed by atoms with Gasteiger partial charge in [-0.25, -0.2) is 10.3 Å². The highest BCUT2D eigenvalue weighted by molar-refractivity contribution is 6.31. The van der Waals surface area contributed by atoms with Gasteiger partial charge in [0, 0.05) is 15.6 Å². The van der Waals surface area contributed by atoms with Gasteiger partial charge in [-0.3, -0.25) is 19.8 Å². The quantitative estimate of drug-likeness (QED) is 0.620. The maximum atomic E-state index is 12.6. The molecule has 2 aromatic carbocycles. The average Bonchev–Trinajstić information content (AvgIpc) is 2.87. The van der Waals surface area contributed by atoms with Crippen LogP contribution in [-0.4, -0.2) is 23.8 Å². The maximum absolute atomic E-state index is 12.6. The normalized spacial score (nSPS) is 16.9. The maximum Gasteiger partial charge on any atom is 0.265 e. The predicted octanol–water partition coefficient (Wildman–Crippen LogP) is 2.87. The van der Waals surface area contributed by atoms with E-state index in [1.54, 1.807) is 43.3 Å². The smallest absolute Gasteiger partial charge is 0.265 e. The summed E-state index contributed by atoms with van der Waals surface area (Å²) in [5, 5.41) is 0.947. The summed E-state index contributed by atoms with van der Waals surface area (Å²) < 4.78 is 0. The van der Waals surface area contributed by atoms with E-state index in [2.05, 4.69) is 10.9 Å². The Morgan fingerprint density at radius 3 is 2.54 bits per heavy atom. The van der Waals surface area contributed by atoms with Gasteiger partial charge >= 0.3 is 0 Å². The number of rotatable bonds is 4. The summed E-state index contributed by atoms with van der Waals surface area (Å²) in [6.45, 7) is 1.77. The lowest BCUT2D eigenvalue weighted by Crippen LogP contribution is -2.48. The second-order valence-electron chi connectivity index (χ2n) is 5.86. The Hall–Kier alpha value is -2.41. The van der Waals surface area contributed by atoms with Crippen molar-refractivity contribution in [2.45, 2.75) is 19.4 Å². The molecular weight excluding hydrogens is 377 g/mol. The second kappa shape index (κ2) is 7.45. The van der Waals surface area contributed by atoms with E-state index in [9.17, 15) is 14.4 Å². The number of nitrogens with zero attached hydrogens (tertiary/aromatic N) is 1. The first-order valence-corrected chi connectivity index (χ1v) is 8.57. The number of amides is 3. The molecule has 6 nitrogen and oxygen atoms in total. The van der Waals surface area contributed by atoms with Crippen LogP contribution in [0.4, 0.5) is 5.69 Å². The first kappa shape index (κ1) is 18.4. The number of halogens is 2. The number of hydrogen-bond donors (Lipinski definition) is 2. The Morgan fingerprint density at radius 1 is 1.12 bits per heavy atom. The fourth-order valence-electron chi connectivity index (χ4n) is 2.72. The third-order valence-corrected chi connectivity index (χ3v) is 4.46. The first-order valence-electron chi connectivity index (χ1n) is 7.81. The molecule has 0 unspecified atom stereocenters. The standard InChI is InChI=1S/C18H15Cl2N3O3/c1-10-7-13(20)5-6-15(10)23-16(24)9-14(18(23)26)21-22-17(25)11-3-2-4-12(19)8-11/h2-8,14,21H,9H2,1H3,(H,22,25)/t14-/m1/s1. The molecule has 0 radical (unpaired) electrons. The van der Waals surface area contributed by atoms with Crippen LogP contribution < -0.4 is 15.8 Å². The van der Waals surface area contributed by atoms with Crippen molar-refractivity contribution in [2.75, 3.05) is 4.90 Å². The van der Waals surface area contributed by atoms with E-state index >= 15 is 0 Å². The third-order valence-electron chi connectivity index (χ3n) is 3.99. The summed E-state index contributed by atoms with van der Waals surface area (Å²) >= 11 is 11.8. The second-order valence-corrected chi connectivity index (χ2v) is 6.74. The van der Waals surface area contributed by atoms with Crippen LogP contribution in [0.1, 0.15) is 22.3 Å². The van der Waals surface area contributed by atoms with E-state index in [1.165, 1.54) is 6.07 Å². The summed E-state index contributed by atoms with van der Waals surface area (Å²) in [6, 6.07) is 10.5. The summed E-state index contributed by atoms with van der Waals surface area (Å²) in [4.78, 5) is 38.1. The highest BCUT2D eigenvalue weighted by atomic mass is 35.5. The van der Waals surface area contributed by atoms with Crippen LogP contribution in [0.5, 0.6) is 0 Å². The molecule has 1 aliphatic heterocycles. The number of benzene rings is 2. The molecule has 3 rings (SSSR count). The number of carbonyl (C=O) groups is 3. The molecular formula is C18H15Cl2N3O3. The van der Waals surface area contributed by atoms with Crippen LogP contribution in [0.15, 0.2) is 42.5 Å². The zero-order valence-electron chi connectivity index (χ0n) is 13.8. The van der Waals surface area contributed by atoms with Crippen LogP contribution in [0.25, 0.3) is 0 Å². The number of hydrogen-bond acceptors (Lipinski definition) is 4. The van der Waals surface area contributed by atoms with Crippen molar-refractivity contribution in [1.29, 1.82) is 0 Å². The first-order chi connectivity index (χ1) is 12.4. The fraction of sp³-hybridized carbons (Fsp3) is 0.167. The average molecular weight is 392 g/mol. The number of hydrazine groups is 1. The molecule has 1 heterocycles. The third kappa shape index (κ3) is 3.72. The lowest BCUT2D eigenvalue weighted by molar-refractivity contribution is -0.121. The van der Waals surface area contributed by atoms with Crippen molar-refractivity contribution >= 4 is 46.6 Å².